The molecule has 5 heteroatoms. The molecule has 2 N–H and O–H groups in total. The molecule has 0 bridgehead atoms. The molecule has 1 aromatic carbocycles. The molecular formula is C19H25N3O2. The fourth-order valence-corrected chi connectivity index (χ4v) is 3.30. The number of carbonyl (C=O) groups excluding carboxylic acids is 2. The van der Waals surface area contributed by atoms with Gasteiger partial charge in [0.25, 0.3) is 5.91 Å². The molecule has 0 atom stereocenters. The first-order valence-corrected chi connectivity index (χ1v) is 8.69. The third-order valence-electron chi connectivity index (χ3n) is 4.56. The van der Waals surface area contributed by atoms with E-state index in [4.69, 9.17) is 0 Å². The summed E-state index contributed by atoms with van der Waals surface area (Å²) in [7, 11) is 0. The van der Waals surface area contributed by atoms with Crippen LogP contribution in [0.2, 0.25) is 0 Å². The topological polar surface area (TPSA) is 65.2 Å². The number of para-hydroxylation sites is 1. The number of nitrogens with zero attached hydrogens (tertiary/aromatic N) is 1. The van der Waals surface area contributed by atoms with E-state index >= 15 is 0 Å². The van der Waals surface area contributed by atoms with Crippen LogP contribution in [0, 0.1) is 5.92 Å². The molecular weight excluding hydrogens is 302 g/mol. The average Bonchev–Trinajstić information content (AvgIpc) is 2.98. The second kappa shape index (κ2) is 7.07. The summed E-state index contributed by atoms with van der Waals surface area (Å²) in [4.78, 5) is 29.7. The van der Waals surface area contributed by atoms with Gasteiger partial charge in [0.2, 0.25) is 5.91 Å². The highest BCUT2D eigenvalue weighted by Crippen LogP contribution is 2.21. The van der Waals surface area contributed by atoms with Crippen molar-refractivity contribution in [1.82, 2.24) is 15.2 Å². The minimum absolute atomic E-state index is 0.0689. The van der Waals surface area contributed by atoms with Crippen molar-refractivity contribution in [3.8, 4) is 0 Å². The minimum Gasteiger partial charge on any atom is -0.360 e. The largest absolute Gasteiger partial charge is 0.360 e. The van der Waals surface area contributed by atoms with Crippen LogP contribution in [0.5, 0.6) is 0 Å². The Morgan fingerprint density at radius 1 is 1.25 bits per heavy atom. The fraction of sp³-hybridized carbons (Fsp3) is 0.474. The molecule has 1 aliphatic rings. The third kappa shape index (κ3) is 3.61. The molecule has 2 heterocycles. The van der Waals surface area contributed by atoms with Crippen LogP contribution >= 0.6 is 0 Å². The number of rotatable bonds is 4. The summed E-state index contributed by atoms with van der Waals surface area (Å²) in [5.74, 6) is 0.555. The van der Waals surface area contributed by atoms with E-state index in [2.05, 4.69) is 10.3 Å². The van der Waals surface area contributed by atoms with Gasteiger partial charge in [-0.3, -0.25) is 9.59 Å². The molecule has 2 aromatic rings. The molecule has 3 rings (SSSR count). The molecule has 0 unspecified atom stereocenters. The van der Waals surface area contributed by atoms with E-state index in [1.807, 2.05) is 43.0 Å². The molecule has 1 aromatic heterocycles. The number of carbonyl (C=O) groups is 2. The number of amides is 2. The summed E-state index contributed by atoms with van der Waals surface area (Å²) in [5.41, 5.74) is 1.71. The minimum atomic E-state index is 0.0689. The van der Waals surface area contributed by atoms with E-state index in [1.165, 1.54) is 0 Å². The molecule has 0 radical (unpaired) electrons. The van der Waals surface area contributed by atoms with Gasteiger partial charge in [-0.05, 0) is 24.8 Å². The highest BCUT2D eigenvalue weighted by molar-refractivity contribution is 6.06. The van der Waals surface area contributed by atoms with E-state index in [1.54, 1.807) is 6.20 Å². The highest BCUT2D eigenvalue weighted by Gasteiger charge is 2.26. The van der Waals surface area contributed by atoms with Gasteiger partial charge < -0.3 is 15.2 Å². The standard InChI is InChI=1S/C19H25N3O2/c1-13(2)11-18(23)21-14-7-9-22(10-8-14)19(24)16-12-20-17-6-4-3-5-15(16)17/h3-6,12-14,20H,7-11H2,1-2H3,(H,21,23). The number of piperidine rings is 1. The highest BCUT2D eigenvalue weighted by atomic mass is 16.2. The number of aromatic nitrogens is 1. The number of hydrogen-bond donors (Lipinski definition) is 2. The summed E-state index contributed by atoms with van der Waals surface area (Å²) in [6.07, 6.45) is 3.99. The van der Waals surface area contributed by atoms with Crippen LogP contribution < -0.4 is 5.32 Å². The maximum Gasteiger partial charge on any atom is 0.256 e. The zero-order valence-corrected chi connectivity index (χ0v) is 14.3. The number of nitrogens with one attached hydrogen (secondary N) is 2. The number of H-pyrrole nitrogens is 1. The normalized spacial score (nSPS) is 15.9. The maximum absolute atomic E-state index is 12.8. The Hall–Kier alpha value is -2.30. The SMILES string of the molecule is CC(C)CC(=O)NC1CCN(C(=O)c2c[nH]c3ccccc23)CC1. The Bertz CT molecular complexity index is 727. The van der Waals surface area contributed by atoms with E-state index in [0.717, 1.165) is 29.3 Å². The van der Waals surface area contributed by atoms with Crippen molar-refractivity contribution >= 4 is 22.7 Å². The molecule has 0 spiro atoms. The van der Waals surface area contributed by atoms with Gasteiger partial charge >= 0.3 is 0 Å². The molecule has 2 amide bonds. The Morgan fingerprint density at radius 2 is 1.96 bits per heavy atom. The van der Waals surface area contributed by atoms with Crippen molar-refractivity contribution < 1.29 is 9.59 Å². The molecule has 1 aliphatic heterocycles. The van der Waals surface area contributed by atoms with Crippen LogP contribution in [-0.2, 0) is 4.79 Å². The summed E-state index contributed by atoms with van der Waals surface area (Å²) >= 11 is 0. The van der Waals surface area contributed by atoms with Crippen LogP contribution in [-0.4, -0.2) is 40.8 Å². The van der Waals surface area contributed by atoms with Gasteiger partial charge in [-0.25, -0.2) is 0 Å². The molecule has 24 heavy (non-hydrogen) atoms. The Morgan fingerprint density at radius 3 is 2.67 bits per heavy atom. The lowest BCUT2D eigenvalue weighted by Crippen LogP contribution is -2.46. The molecule has 0 aliphatic carbocycles. The Kier molecular flexibility index (Phi) is 4.88. The lowest BCUT2D eigenvalue weighted by molar-refractivity contribution is -0.122. The van der Waals surface area contributed by atoms with Gasteiger partial charge in [-0.15, -0.1) is 0 Å². The predicted molar refractivity (Wildman–Crippen MR) is 94.8 cm³/mol. The molecule has 1 saturated heterocycles. The van der Waals surface area contributed by atoms with Gasteiger partial charge in [0.15, 0.2) is 0 Å². The average molecular weight is 327 g/mol. The summed E-state index contributed by atoms with van der Waals surface area (Å²) in [5, 5.41) is 4.06. The summed E-state index contributed by atoms with van der Waals surface area (Å²) in [6.45, 7) is 5.46. The summed E-state index contributed by atoms with van der Waals surface area (Å²) in [6, 6.07) is 8.03. The van der Waals surface area contributed by atoms with Gasteiger partial charge in [-0.2, -0.15) is 0 Å². The Balaban J connectivity index is 1.58. The third-order valence-corrected chi connectivity index (χ3v) is 4.56. The van der Waals surface area contributed by atoms with Crippen molar-refractivity contribution in [2.75, 3.05) is 13.1 Å². The first-order valence-electron chi connectivity index (χ1n) is 8.69. The second-order valence-corrected chi connectivity index (χ2v) is 6.98. The summed E-state index contributed by atoms with van der Waals surface area (Å²) < 4.78 is 0. The van der Waals surface area contributed by atoms with Crippen molar-refractivity contribution in [2.45, 2.75) is 39.2 Å². The maximum atomic E-state index is 12.8. The molecule has 0 saturated carbocycles. The van der Waals surface area contributed by atoms with Gasteiger partial charge in [0.05, 0.1) is 5.56 Å². The quantitative estimate of drug-likeness (QED) is 0.907. The van der Waals surface area contributed by atoms with Crippen LogP contribution in [0.1, 0.15) is 43.5 Å². The van der Waals surface area contributed by atoms with E-state index in [0.29, 0.717) is 25.4 Å². The van der Waals surface area contributed by atoms with Crippen molar-refractivity contribution in [3.05, 3.63) is 36.0 Å². The zero-order valence-electron chi connectivity index (χ0n) is 14.3. The van der Waals surface area contributed by atoms with Crippen LogP contribution in [0.25, 0.3) is 10.9 Å². The molecule has 128 valence electrons. The van der Waals surface area contributed by atoms with Crippen LogP contribution in [0.3, 0.4) is 0 Å². The van der Waals surface area contributed by atoms with Crippen LogP contribution in [0.15, 0.2) is 30.5 Å². The number of hydrogen-bond acceptors (Lipinski definition) is 2. The monoisotopic (exact) mass is 327 g/mol. The van der Waals surface area contributed by atoms with E-state index in [9.17, 15) is 9.59 Å². The lowest BCUT2D eigenvalue weighted by Gasteiger charge is -2.32. The van der Waals surface area contributed by atoms with Gasteiger partial charge in [0.1, 0.15) is 0 Å². The Labute approximate surface area is 142 Å². The number of aromatic amines is 1. The van der Waals surface area contributed by atoms with Crippen LogP contribution in [0.4, 0.5) is 0 Å². The first kappa shape index (κ1) is 16.6. The van der Waals surface area contributed by atoms with Crippen molar-refractivity contribution in [3.63, 3.8) is 0 Å². The van der Waals surface area contributed by atoms with E-state index < -0.39 is 0 Å². The van der Waals surface area contributed by atoms with Crippen molar-refractivity contribution in [2.24, 2.45) is 5.92 Å². The second-order valence-electron chi connectivity index (χ2n) is 6.98. The molecule has 1 fully saturated rings. The van der Waals surface area contributed by atoms with Gasteiger partial charge in [-0.1, -0.05) is 32.0 Å². The lowest BCUT2D eigenvalue weighted by atomic mass is 10.0. The smallest absolute Gasteiger partial charge is 0.256 e. The fourth-order valence-electron chi connectivity index (χ4n) is 3.30. The first-order chi connectivity index (χ1) is 11.5. The molecule has 5 nitrogen and oxygen atoms in total. The zero-order chi connectivity index (χ0) is 17.1. The number of likely N-dealkylation sites (tertiary alicyclic amines) is 1. The number of fused-ring (bicyclic) bond motifs is 1. The number of benzene rings is 1. The van der Waals surface area contributed by atoms with Gasteiger partial charge in [0, 0.05) is 42.7 Å². The van der Waals surface area contributed by atoms with E-state index in [-0.39, 0.29) is 17.9 Å². The predicted octanol–water partition coefficient (Wildman–Crippen LogP) is 2.93. The van der Waals surface area contributed by atoms with Crippen molar-refractivity contribution in [1.29, 1.82) is 0 Å².